The van der Waals surface area contributed by atoms with Gasteiger partial charge in [-0.05, 0) is 37.0 Å². The van der Waals surface area contributed by atoms with E-state index in [1.165, 1.54) is 5.56 Å². The third kappa shape index (κ3) is 2.42. The second-order valence-electron chi connectivity index (χ2n) is 2.91. The summed E-state index contributed by atoms with van der Waals surface area (Å²) in [6.45, 7) is 1.90. The van der Waals surface area contributed by atoms with Crippen LogP contribution in [0.1, 0.15) is 17.5 Å². The Morgan fingerprint density at radius 3 is 2.75 bits per heavy atom. The van der Waals surface area contributed by atoms with E-state index in [1.807, 2.05) is 19.1 Å². The first kappa shape index (κ1) is 9.40. The Bertz CT molecular complexity index is 258. The number of hydrogen-bond acceptors (Lipinski definition) is 1. The van der Waals surface area contributed by atoms with E-state index in [-0.39, 0.29) is 0 Å². The second kappa shape index (κ2) is 4.36. The summed E-state index contributed by atoms with van der Waals surface area (Å²) >= 11 is 5.57. The average molecular weight is 185 g/mol. The van der Waals surface area contributed by atoms with Gasteiger partial charge in [-0.2, -0.15) is 0 Å². The molecular formula is C10H13ClO. The van der Waals surface area contributed by atoms with Crippen molar-refractivity contribution < 1.29 is 5.11 Å². The van der Waals surface area contributed by atoms with Crippen LogP contribution in [-0.2, 0) is 6.42 Å². The molecule has 0 saturated heterocycles. The fourth-order valence-corrected chi connectivity index (χ4v) is 1.28. The van der Waals surface area contributed by atoms with Gasteiger partial charge < -0.3 is 5.11 Å². The van der Waals surface area contributed by atoms with Crippen LogP contribution in [0.3, 0.4) is 0 Å². The van der Waals surface area contributed by atoms with Crippen LogP contribution in [0.5, 0.6) is 5.75 Å². The van der Waals surface area contributed by atoms with Gasteiger partial charge in [0.2, 0.25) is 0 Å². The largest absolute Gasteiger partial charge is 0.508 e. The number of alkyl halides is 1. The van der Waals surface area contributed by atoms with E-state index in [9.17, 15) is 5.11 Å². The van der Waals surface area contributed by atoms with E-state index < -0.39 is 0 Å². The zero-order valence-corrected chi connectivity index (χ0v) is 7.93. The minimum atomic E-state index is 0.365. The highest BCUT2D eigenvalue weighted by atomic mass is 35.5. The summed E-state index contributed by atoms with van der Waals surface area (Å²) in [5.74, 6) is 1.06. The minimum Gasteiger partial charge on any atom is -0.508 e. The lowest BCUT2D eigenvalue weighted by molar-refractivity contribution is 0.471. The molecular weight excluding hydrogens is 172 g/mol. The fraction of sp³-hybridized carbons (Fsp3) is 0.400. The standard InChI is InChI=1S/C10H13ClO/c1-8-7-9(3-2-6-11)4-5-10(8)12/h4-5,7,12H,2-3,6H2,1H3. The van der Waals surface area contributed by atoms with Crippen LogP contribution in [0.2, 0.25) is 0 Å². The Balaban J connectivity index is 2.69. The highest BCUT2D eigenvalue weighted by Crippen LogP contribution is 2.17. The van der Waals surface area contributed by atoms with Crippen molar-refractivity contribution in [3.63, 3.8) is 0 Å². The second-order valence-corrected chi connectivity index (χ2v) is 3.29. The van der Waals surface area contributed by atoms with E-state index in [1.54, 1.807) is 6.07 Å². The van der Waals surface area contributed by atoms with Crippen LogP contribution in [0.25, 0.3) is 0 Å². The Morgan fingerprint density at radius 2 is 2.17 bits per heavy atom. The molecule has 0 aromatic heterocycles. The number of halogens is 1. The van der Waals surface area contributed by atoms with Gasteiger partial charge in [-0.15, -0.1) is 11.6 Å². The van der Waals surface area contributed by atoms with Gasteiger partial charge in [-0.25, -0.2) is 0 Å². The molecule has 0 heterocycles. The first-order valence-electron chi connectivity index (χ1n) is 4.08. The quantitative estimate of drug-likeness (QED) is 0.717. The smallest absolute Gasteiger partial charge is 0.118 e. The van der Waals surface area contributed by atoms with Gasteiger partial charge >= 0.3 is 0 Å². The highest BCUT2D eigenvalue weighted by molar-refractivity contribution is 6.17. The molecule has 0 aliphatic carbocycles. The number of rotatable bonds is 3. The number of phenolic OH excluding ortho intramolecular Hbond substituents is 1. The molecule has 66 valence electrons. The van der Waals surface area contributed by atoms with Gasteiger partial charge in [0.1, 0.15) is 5.75 Å². The molecule has 1 aromatic carbocycles. The Labute approximate surface area is 78.0 Å². The molecule has 1 rings (SSSR count). The van der Waals surface area contributed by atoms with Crippen molar-refractivity contribution in [1.29, 1.82) is 0 Å². The van der Waals surface area contributed by atoms with Crippen LogP contribution in [0.4, 0.5) is 0 Å². The van der Waals surface area contributed by atoms with Crippen molar-refractivity contribution in [2.24, 2.45) is 0 Å². The maximum absolute atomic E-state index is 9.24. The highest BCUT2D eigenvalue weighted by Gasteiger charge is 1.97. The minimum absolute atomic E-state index is 0.365. The van der Waals surface area contributed by atoms with Crippen LogP contribution < -0.4 is 0 Å². The third-order valence-electron chi connectivity index (χ3n) is 1.86. The van der Waals surface area contributed by atoms with E-state index in [0.29, 0.717) is 11.6 Å². The lowest BCUT2D eigenvalue weighted by Gasteiger charge is -2.02. The predicted octanol–water partition coefficient (Wildman–Crippen LogP) is 2.87. The number of phenols is 1. The topological polar surface area (TPSA) is 20.2 Å². The van der Waals surface area contributed by atoms with Crippen LogP contribution in [0, 0.1) is 6.92 Å². The Hall–Kier alpha value is -0.690. The molecule has 0 unspecified atom stereocenters. The lowest BCUT2D eigenvalue weighted by atomic mass is 10.1. The normalized spacial score (nSPS) is 10.2. The van der Waals surface area contributed by atoms with Crippen LogP contribution in [0.15, 0.2) is 18.2 Å². The first-order valence-corrected chi connectivity index (χ1v) is 4.62. The molecule has 0 amide bonds. The van der Waals surface area contributed by atoms with Crippen molar-refractivity contribution in [3.8, 4) is 5.75 Å². The maximum Gasteiger partial charge on any atom is 0.118 e. The molecule has 0 bridgehead atoms. The molecule has 1 nitrogen and oxygen atoms in total. The first-order chi connectivity index (χ1) is 5.74. The zero-order valence-electron chi connectivity index (χ0n) is 7.18. The average Bonchev–Trinajstić information content (AvgIpc) is 2.07. The molecule has 0 saturated carbocycles. The summed E-state index contributed by atoms with van der Waals surface area (Å²) in [6, 6.07) is 5.68. The predicted molar refractivity (Wildman–Crippen MR) is 51.9 cm³/mol. The summed E-state index contributed by atoms with van der Waals surface area (Å²) < 4.78 is 0. The SMILES string of the molecule is Cc1cc(CCCCl)ccc1O. The number of benzene rings is 1. The van der Waals surface area contributed by atoms with Crippen molar-refractivity contribution in [3.05, 3.63) is 29.3 Å². The van der Waals surface area contributed by atoms with E-state index in [2.05, 4.69) is 0 Å². The lowest BCUT2D eigenvalue weighted by Crippen LogP contribution is -1.87. The number of aromatic hydroxyl groups is 1. The fourth-order valence-electron chi connectivity index (χ4n) is 1.14. The molecule has 0 spiro atoms. The van der Waals surface area contributed by atoms with E-state index >= 15 is 0 Å². The molecule has 0 aliphatic rings. The van der Waals surface area contributed by atoms with Gasteiger partial charge in [0, 0.05) is 5.88 Å². The summed E-state index contributed by atoms with van der Waals surface area (Å²) in [6.07, 6.45) is 1.98. The van der Waals surface area contributed by atoms with Crippen LogP contribution in [-0.4, -0.2) is 11.0 Å². The number of hydrogen-bond donors (Lipinski definition) is 1. The molecule has 12 heavy (non-hydrogen) atoms. The van der Waals surface area contributed by atoms with Crippen molar-refractivity contribution >= 4 is 11.6 Å². The Morgan fingerprint density at radius 1 is 1.42 bits per heavy atom. The van der Waals surface area contributed by atoms with Gasteiger partial charge in [-0.1, -0.05) is 12.1 Å². The molecule has 2 heteroatoms. The monoisotopic (exact) mass is 184 g/mol. The van der Waals surface area contributed by atoms with Crippen molar-refractivity contribution in [1.82, 2.24) is 0 Å². The Kier molecular flexibility index (Phi) is 3.42. The summed E-state index contributed by atoms with van der Waals surface area (Å²) in [4.78, 5) is 0. The van der Waals surface area contributed by atoms with Gasteiger partial charge in [-0.3, -0.25) is 0 Å². The van der Waals surface area contributed by atoms with Crippen LogP contribution >= 0.6 is 11.6 Å². The molecule has 1 N–H and O–H groups in total. The molecule has 0 atom stereocenters. The summed E-state index contributed by atoms with van der Waals surface area (Å²) in [7, 11) is 0. The van der Waals surface area contributed by atoms with Gasteiger partial charge in [0.05, 0.1) is 0 Å². The van der Waals surface area contributed by atoms with E-state index in [0.717, 1.165) is 18.4 Å². The zero-order chi connectivity index (χ0) is 8.97. The molecule has 0 aliphatic heterocycles. The van der Waals surface area contributed by atoms with Gasteiger partial charge in [0.25, 0.3) is 0 Å². The van der Waals surface area contributed by atoms with Crippen molar-refractivity contribution in [2.75, 3.05) is 5.88 Å². The molecule has 1 aromatic rings. The summed E-state index contributed by atoms with van der Waals surface area (Å²) in [5.41, 5.74) is 2.17. The maximum atomic E-state index is 9.24. The van der Waals surface area contributed by atoms with E-state index in [4.69, 9.17) is 11.6 Å². The summed E-state index contributed by atoms with van der Waals surface area (Å²) in [5, 5.41) is 9.24. The molecule has 0 fully saturated rings. The molecule has 0 radical (unpaired) electrons. The van der Waals surface area contributed by atoms with Crippen molar-refractivity contribution in [2.45, 2.75) is 19.8 Å². The van der Waals surface area contributed by atoms with Gasteiger partial charge in [0.15, 0.2) is 0 Å². The third-order valence-corrected chi connectivity index (χ3v) is 2.13. The number of aryl methyl sites for hydroxylation is 2.